The van der Waals surface area contributed by atoms with Crippen molar-refractivity contribution in [1.29, 1.82) is 0 Å². The van der Waals surface area contributed by atoms with Crippen LogP contribution >= 0.6 is 11.3 Å². The van der Waals surface area contributed by atoms with Gasteiger partial charge in [-0.25, -0.2) is 9.37 Å². The molecule has 1 aromatic carbocycles. The number of hydrogen-bond acceptors (Lipinski definition) is 4. The first kappa shape index (κ1) is 14.6. The molecule has 0 bridgehead atoms. The predicted molar refractivity (Wildman–Crippen MR) is 76.1 cm³/mol. The standard InChI is InChI=1S/C14H15FN2O2S/c1-14(2,8-18)17-12(19)11-7-20-13(16-11)9-5-3-4-6-10(9)15/h3-7,18H,8H2,1-2H3,(H,17,19). The normalized spacial score (nSPS) is 11.4. The van der Waals surface area contributed by atoms with Gasteiger partial charge in [0, 0.05) is 10.9 Å². The van der Waals surface area contributed by atoms with Crippen LogP contribution in [0.4, 0.5) is 4.39 Å². The molecule has 0 spiro atoms. The largest absolute Gasteiger partial charge is 0.394 e. The minimum Gasteiger partial charge on any atom is -0.394 e. The van der Waals surface area contributed by atoms with Crippen molar-refractivity contribution in [3.8, 4) is 10.6 Å². The topological polar surface area (TPSA) is 62.2 Å². The van der Waals surface area contributed by atoms with E-state index in [1.54, 1.807) is 37.4 Å². The van der Waals surface area contributed by atoms with Gasteiger partial charge in [-0.2, -0.15) is 0 Å². The van der Waals surface area contributed by atoms with Crippen LogP contribution in [0.2, 0.25) is 0 Å². The zero-order valence-electron chi connectivity index (χ0n) is 11.2. The van der Waals surface area contributed by atoms with Crippen LogP contribution in [0, 0.1) is 5.82 Å². The highest BCUT2D eigenvalue weighted by atomic mass is 32.1. The zero-order valence-corrected chi connectivity index (χ0v) is 12.0. The summed E-state index contributed by atoms with van der Waals surface area (Å²) in [6, 6.07) is 6.29. The average molecular weight is 294 g/mol. The molecule has 1 heterocycles. The van der Waals surface area contributed by atoms with Gasteiger partial charge in [0.2, 0.25) is 0 Å². The van der Waals surface area contributed by atoms with Gasteiger partial charge >= 0.3 is 0 Å². The summed E-state index contributed by atoms with van der Waals surface area (Å²) in [5.74, 6) is -0.757. The summed E-state index contributed by atoms with van der Waals surface area (Å²) in [6.45, 7) is 3.23. The van der Waals surface area contributed by atoms with E-state index in [2.05, 4.69) is 10.3 Å². The molecule has 0 saturated carbocycles. The minimum atomic E-state index is -0.723. The highest BCUT2D eigenvalue weighted by molar-refractivity contribution is 7.13. The summed E-state index contributed by atoms with van der Waals surface area (Å²) in [6.07, 6.45) is 0. The van der Waals surface area contributed by atoms with Crippen LogP contribution in [0.5, 0.6) is 0 Å². The fourth-order valence-corrected chi connectivity index (χ4v) is 2.37. The second kappa shape index (κ2) is 5.68. The molecule has 20 heavy (non-hydrogen) atoms. The summed E-state index contributed by atoms with van der Waals surface area (Å²) in [4.78, 5) is 16.1. The number of benzene rings is 1. The third-order valence-corrected chi connectivity index (χ3v) is 3.56. The van der Waals surface area contributed by atoms with E-state index in [0.29, 0.717) is 10.6 Å². The third-order valence-electron chi connectivity index (χ3n) is 2.69. The highest BCUT2D eigenvalue weighted by Crippen LogP contribution is 2.26. The molecular weight excluding hydrogens is 279 g/mol. The molecule has 0 saturated heterocycles. The van der Waals surface area contributed by atoms with Gasteiger partial charge in [0.25, 0.3) is 5.91 Å². The number of halogens is 1. The van der Waals surface area contributed by atoms with E-state index in [4.69, 9.17) is 5.11 Å². The minimum absolute atomic E-state index is 0.178. The number of amides is 1. The van der Waals surface area contributed by atoms with Gasteiger partial charge in [0.1, 0.15) is 16.5 Å². The van der Waals surface area contributed by atoms with Crippen LogP contribution in [-0.4, -0.2) is 28.1 Å². The summed E-state index contributed by atoms with van der Waals surface area (Å²) < 4.78 is 13.6. The van der Waals surface area contributed by atoms with E-state index < -0.39 is 5.54 Å². The lowest BCUT2D eigenvalue weighted by Gasteiger charge is -2.22. The van der Waals surface area contributed by atoms with Crippen molar-refractivity contribution < 1.29 is 14.3 Å². The summed E-state index contributed by atoms with van der Waals surface area (Å²) in [7, 11) is 0. The third kappa shape index (κ3) is 3.20. The SMILES string of the molecule is CC(C)(CO)NC(=O)c1csc(-c2ccccc2F)n1. The predicted octanol–water partition coefficient (Wildman–Crippen LogP) is 2.45. The van der Waals surface area contributed by atoms with Crippen LogP contribution in [0.1, 0.15) is 24.3 Å². The maximum Gasteiger partial charge on any atom is 0.271 e. The van der Waals surface area contributed by atoms with Gasteiger partial charge in [0.05, 0.1) is 12.1 Å². The molecule has 0 fully saturated rings. The van der Waals surface area contributed by atoms with Crippen molar-refractivity contribution in [1.82, 2.24) is 10.3 Å². The fourth-order valence-electron chi connectivity index (χ4n) is 1.55. The average Bonchev–Trinajstić information content (AvgIpc) is 2.88. The Kier molecular flexibility index (Phi) is 4.15. The molecule has 0 aliphatic carbocycles. The van der Waals surface area contributed by atoms with Crippen LogP contribution in [0.25, 0.3) is 10.6 Å². The summed E-state index contributed by atoms with van der Waals surface area (Å²) >= 11 is 1.20. The molecular formula is C14H15FN2O2S. The number of carbonyl (C=O) groups is 1. The van der Waals surface area contributed by atoms with Crippen LogP contribution in [0.15, 0.2) is 29.6 Å². The number of nitrogens with zero attached hydrogens (tertiary/aromatic N) is 1. The van der Waals surface area contributed by atoms with Gasteiger partial charge in [-0.15, -0.1) is 11.3 Å². The lowest BCUT2D eigenvalue weighted by atomic mass is 10.1. The highest BCUT2D eigenvalue weighted by Gasteiger charge is 2.22. The van der Waals surface area contributed by atoms with Crippen LogP contribution in [-0.2, 0) is 0 Å². The maximum atomic E-state index is 13.6. The number of hydrogen-bond donors (Lipinski definition) is 2. The van der Waals surface area contributed by atoms with E-state index in [-0.39, 0.29) is 24.0 Å². The molecule has 106 valence electrons. The molecule has 0 radical (unpaired) electrons. The van der Waals surface area contributed by atoms with Crippen molar-refractivity contribution in [2.24, 2.45) is 0 Å². The maximum absolute atomic E-state index is 13.6. The molecule has 2 rings (SSSR count). The van der Waals surface area contributed by atoms with Gasteiger partial charge in [0.15, 0.2) is 0 Å². The van der Waals surface area contributed by atoms with Crippen molar-refractivity contribution in [3.05, 3.63) is 41.2 Å². The molecule has 0 aliphatic rings. The summed E-state index contributed by atoms with van der Waals surface area (Å²) in [5.41, 5.74) is -0.133. The lowest BCUT2D eigenvalue weighted by molar-refractivity contribution is 0.0865. The van der Waals surface area contributed by atoms with Crippen LogP contribution < -0.4 is 5.32 Å². The second-order valence-electron chi connectivity index (χ2n) is 5.01. The van der Waals surface area contributed by atoms with E-state index in [1.807, 2.05) is 0 Å². The van der Waals surface area contributed by atoms with Crippen molar-refractivity contribution in [3.63, 3.8) is 0 Å². The number of thiazole rings is 1. The Hall–Kier alpha value is -1.79. The number of nitrogens with one attached hydrogen (secondary N) is 1. The van der Waals surface area contributed by atoms with E-state index in [9.17, 15) is 9.18 Å². The Morgan fingerprint density at radius 2 is 2.15 bits per heavy atom. The first-order valence-corrected chi connectivity index (χ1v) is 6.95. The molecule has 0 aliphatic heterocycles. The molecule has 2 N–H and O–H groups in total. The summed E-state index contributed by atoms with van der Waals surface area (Å²) in [5, 5.41) is 13.8. The Bertz CT molecular complexity index is 625. The Morgan fingerprint density at radius 1 is 1.45 bits per heavy atom. The Balaban J connectivity index is 2.22. The van der Waals surface area contributed by atoms with Gasteiger partial charge in [-0.3, -0.25) is 4.79 Å². The zero-order chi connectivity index (χ0) is 14.8. The molecule has 0 unspecified atom stereocenters. The second-order valence-corrected chi connectivity index (χ2v) is 5.87. The van der Waals surface area contributed by atoms with E-state index in [1.165, 1.54) is 17.4 Å². The number of aliphatic hydroxyl groups is 1. The first-order valence-electron chi connectivity index (χ1n) is 6.07. The molecule has 1 amide bonds. The molecule has 6 heteroatoms. The van der Waals surface area contributed by atoms with Crippen molar-refractivity contribution >= 4 is 17.2 Å². The van der Waals surface area contributed by atoms with Crippen LogP contribution in [0.3, 0.4) is 0 Å². The lowest BCUT2D eigenvalue weighted by Crippen LogP contribution is -2.46. The monoisotopic (exact) mass is 294 g/mol. The first-order chi connectivity index (χ1) is 9.43. The molecule has 4 nitrogen and oxygen atoms in total. The van der Waals surface area contributed by atoms with Crippen molar-refractivity contribution in [2.45, 2.75) is 19.4 Å². The Labute approximate surface area is 120 Å². The fraction of sp³-hybridized carbons (Fsp3) is 0.286. The van der Waals surface area contributed by atoms with Crippen molar-refractivity contribution in [2.75, 3.05) is 6.61 Å². The molecule has 1 aromatic heterocycles. The van der Waals surface area contributed by atoms with E-state index in [0.717, 1.165) is 0 Å². The number of aromatic nitrogens is 1. The molecule has 2 aromatic rings. The Morgan fingerprint density at radius 3 is 2.80 bits per heavy atom. The number of rotatable bonds is 4. The smallest absolute Gasteiger partial charge is 0.271 e. The van der Waals surface area contributed by atoms with Gasteiger partial charge < -0.3 is 10.4 Å². The number of aliphatic hydroxyl groups excluding tert-OH is 1. The van der Waals surface area contributed by atoms with Gasteiger partial charge in [-0.05, 0) is 26.0 Å². The molecule has 0 atom stereocenters. The van der Waals surface area contributed by atoms with E-state index >= 15 is 0 Å². The van der Waals surface area contributed by atoms with Gasteiger partial charge in [-0.1, -0.05) is 12.1 Å². The quantitative estimate of drug-likeness (QED) is 0.910. The number of carbonyl (C=O) groups excluding carboxylic acids is 1.